The molecule has 8 heteroatoms. The summed E-state index contributed by atoms with van der Waals surface area (Å²) in [5.41, 5.74) is -0.0629. The minimum Gasteiger partial charge on any atom is -0.392 e. The molecule has 2 atom stereocenters. The standard InChI is InChI=1S/C13H17BrFNO4S/c1-8-11(3-4-20-8)16(2)21(18,19)12-6-10(14)5-9(7-17)13(12)15/h5-6,8,11,17H,3-4,7H2,1-2H3. The second-order valence-electron chi connectivity index (χ2n) is 4.99. The first-order chi connectivity index (χ1) is 9.78. The number of benzene rings is 1. The number of sulfonamides is 1. The summed E-state index contributed by atoms with van der Waals surface area (Å²) in [5, 5.41) is 9.14. The van der Waals surface area contributed by atoms with Crippen LogP contribution in [0.5, 0.6) is 0 Å². The number of hydrogen-bond donors (Lipinski definition) is 1. The highest BCUT2D eigenvalue weighted by Crippen LogP contribution is 2.29. The summed E-state index contributed by atoms with van der Waals surface area (Å²) in [6, 6.07) is 2.24. The Hall–Kier alpha value is -0.540. The molecular weight excluding hydrogens is 365 g/mol. The van der Waals surface area contributed by atoms with Crippen LogP contribution in [0.3, 0.4) is 0 Å². The van der Waals surface area contributed by atoms with Crippen LogP contribution in [-0.4, -0.2) is 43.6 Å². The molecule has 0 aliphatic carbocycles. The minimum atomic E-state index is -4.00. The topological polar surface area (TPSA) is 66.8 Å². The van der Waals surface area contributed by atoms with Gasteiger partial charge in [0, 0.05) is 23.7 Å². The van der Waals surface area contributed by atoms with E-state index >= 15 is 0 Å². The van der Waals surface area contributed by atoms with Crippen LogP contribution >= 0.6 is 15.9 Å². The molecule has 1 fully saturated rings. The molecule has 1 N–H and O–H groups in total. The molecule has 0 spiro atoms. The maximum absolute atomic E-state index is 14.3. The summed E-state index contributed by atoms with van der Waals surface area (Å²) < 4.78 is 46.5. The molecule has 0 radical (unpaired) electrons. The molecule has 21 heavy (non-hydrogen) atoms. The van der Waals surface area contributed by atoms with Crippen molar-refractivity contribution in [1.82, 2.24) is 4.31 Å². The molecular formula is C13H17BrFNO4S. The van der Waals surface area contributed by atoms with Crippen molar-refractivity contribution in [2.45, 2.75) is 37.0 Å². The van der Waals surface area contributed by atoms with Gasteiger partial charge in [-0.25, -0.2) is 12.8 Å². The van der Waals surface area contributed by atoms with E-state index in [-0.39, 0.29) is 17.7 Å². The van der Waals surface area contributed by atoms with Gasteiger partial charge in [-0.05, 0) is 25.5 Å². The number of nitrogens with zero attached hydrogens (tertiary/aromatic N) is 1. The maximum atomic E-state index is 14.3. The Balaban J connectivity index is 2.46. The number of aliphatic hydroxyl groups excluding tert-OH is 1. The highest BCUT2D eigenvalue weighted by molar-refractivity contribution is 9.10. The van der Waals surface area contributed by atoms with Crippen molar-refractivity contribution in [3.63, 3.8) is 0 Å². The van der Waals surface area contributed by atoms with Crippen LogP contribution in [-0.2, 0) is 21.4 Å². The van der Waals surface area contributed by atoms with Gasteiger partial charge >= 0.3 is 0 Å². The molecule has 118 valence electrons. The van der Waals surface area contributed by atoms with Crippen LogP contribution in [0.4, 0.5) is 4.39 Å². The summed E-state index contributed by atoms with van der Waals surface area (Å²) >= 11 is 3.14. The second kappa shape index (κ2) is 6.29. The fourth-order valence-corrected chi connectivity index (χ4v) is 4.69. The van der Waals surface area contributed by atoms with Gasteiger partial charge in [0.05, 0.1) is 18.8 Å². The summed E-state index contributed by atoms with van der Waals surface area (Å²) in [5.74, 6) is -0.917. The van der Waals surface area contributed by atoms with Gasteiger partial charge in [-0.1, -0.05) is 15.9 Å². The zero-order valence-corrected chi connectivity index (χ0v) is 14.1. The van der Waals surface area contributed by atoms with Gasteiger partial charge < -0.3 is 9.84 Å². The van der Waals surface area contributed by atoms with Gasteiger partial charge in [-0.3, -0.25) is 0 Å². The Bertz CT molecular complexity index is 637. The maximum Gasteiger partial charge on any atom is 0.246 e. The average Bonchev–Trinajstić information content (AvgIpc) is 2.85. The Morgan fingerprint density at radius 2 is 2.19 bits per heavy atom. The molecule has 1 aromatic rings. The summed E-state index contributed by atoms with van der Waals surface area (Å²) in [4.78, 5) is -0.442. The van der Waals surface area contributed by atoms with Crippen LogP contribution in [0, 0.1) is 5.82 Å². The van der Waals surface area contributed by atoms with Crippen molar-refractivity contribution in [1.29, 1.82) is 0 Å². The number of halogens is 2. The number of aliphatic hydroxyl groups is 1. The second-order valence-corrected chi connectivity index (χ2v) is 7.87. The molecule has 0 saturated carbocycles. The van der Waals surface area contributed by atoms with Crippen LogP contribution < -0.4 is 0 Å². The highest BCUT2D eigenvalue weighted by Gasteiger charge is 2.37. The summed E-state index contributed by atoms with van der Waals surface area (Å²) in [7, 11) is -2.58. The van der Waals surface area contributed by atoms with E-state index in [4.69, 9.17) is 9.84 Å². The third-order valence-electron chi connectivity index (χ3n) is 3.71. The van der Waals surface area contributed by atoms with E-state index in [9.17, 15) is 12.8 Å². The highest BCUT2D eigenvalue weighted by atomic mass is 79.9. The number of hydrogen-bond acceptors (Lipinski definition) is 4. The van der Waals surface area contributed by atoms with E-state index in [2.05, 4.69) is 15.9 Å². The van der Waals surface area contributed by atoms with Crippen LogP contribution in [0.15, 0.2) is 21.5 Å². The molecule has 2 rings (SSSR count). The lowest BCUT2D eigenvalue weighted by Gasteiger charge is -2.26. The Kier molecular flexibility index (Phi) is 5.04. The normalized spacial score (nSPS) is 23.0. The fraction of sp³-hybridized carbons (Fsp3) is 0.538. The predicted octanol–water partition coefficient (Wildman–Crippen LogP) is 1.88. The van der Waals surface area contributed by atoms with Gasteiger partial charge in [0.15, 0.2) is 0 Å². The molecule has 1 aliphatic rings. The van der Waals surface area contributed by atoms with E-state index in [0.717, 1.165) is 4.31 Å². The molecule has 0 amide bonds. The van der Waals surface area contributed by atoms with Gasteiger partial charge in [0.25, 0.3) is 0 Å². The van der Waals surface area contributed by atoms with Crippen molar-refractivity contribution in [3.05, 3.63) is 28.0 Å². The summed E-state index contributed by atoms with van der Waals surface area (Å²) in [6.07, 6.45) is 0.330. The molecule has 0 aromatic heterocycles. The first-order valence-electron chi connectivity index (χ1n) is 6.47. The molecule has 1 heterocycles. The van der Waals surface area contributed by atoms with E-state index in [0.29, 0.717) is 17.5 Å². The zero-order chi connectivity index (χ0) is 15.8. The van der Waals surface area contributed by atoms with E-state index in [1.165, 1.54) is 19.2 Å². The molecule has 0 bridgehead atoms. The van der Waals surface area contributed by atoms with E-state index < -0.39 is 27.3 Å². The quantitative estimate of drug-likeness (QED) is 0.864. The lowest BCUT2D eigenvalue weighted by Crippen LogP contribution is -2.41. The van der Waals surface area contributed by atoms with Crippen molar-refractivity contribution >= 4 is 26.0 Å². The largest absolute Gasteiger partial charge is 0.392 e. The van der Waals surface area contributed by atoms with Gasteiger partial charge in [0.2, 0.25) is 10.0 Å². The first-order valence-corrected chi connectivity index (χ1v) is 8.70. The first kappa shape index (κ1) is 16.8. The Morgan fingerprint density at radius 3 is 2.71 bits per heavy atom. The van der Waals surface area contributed by atoms with Crippen molar-refractivity contribution < 1.29 is 22.7 Å². The SMILES string of the molecule is CC1OCCC1N(C)S(=O)(=O)c1cc(Br)cc(CO)c1F. The summed E-state index contributed by atoms with van der Waals surface area (Å²) in [6.45, 7) is 1.70. The molecule has 1 saturated heterocycles. The smallest absolute Gasteiger partial charge is 0.246 e. The Labute approximate surface area is 131 Å². The molecule has 5 nitrogen and oxygen atoms in total. The van der Waals surface area contributed by atoms with Gasteiger partial charge in [-0.15, -0.1) is 0 Å². The van der Waals surface area contributed by atoms with E-state index in [1.54, 1.807) is 6.92 Å². The van der Waals surface area contributed by atoms with Crippen LogP contribution in [0.1, 0.15) is 18.9 Å². The third-order valence-corrected chi connectivity index (χ3v) is 6.05. The lowest BCUT2D eigenvalue weighted by atomic mass is 10.2. The Morgan fingerprint density at radius 1 is 1.52 bits per heavy atom. The number of ether oxygens (including phenoxy) is 1. The third kappa shape index (κ3) is 3.14. The fourth-order valence-electron chi connectivity index (χ4n) is 2.45. The van der Waals surface area contributed by atoms with Crippen LogP contribution in [0.2, 0.25) is 0 Å². The molecule has 1 aliphatic heterocycles. The minimum absolute atomic E-state index is 0.0629. The van der Waals surface area contributed by atoms with Crippen LogP contribution in [0.25, 0.3) is 0 Å². The van der Waals surface area contributed by atoms with E-state index in [1.807, 2.05) is 0 Å². The van der Waals surface area contributed by atoms with Gasteiger partial charge in [-0.2, -0.15) is 4.31 Å². The molecule has 2 unspecified atom stereocenters. The monoisotopic (exact) mass is 381 g/mol. The number of likely N-dealkylation sites (N-methyl/N-ethyl adjacent to an activating group) is 1. The van der Waals surface area contributed by atoms with Gasteiger partial charge in [0.1, 0.15) is 10.7 Å². The zero-order valence-electron chi connectivity index (χ0n) is 11.7. The van der Waals surface area contributed by atoms with Crippen molar-refractivity contribution in [3.8, 4) is 0 Å². The van der Waals surface area contributed by atoms with Crippen molar-refractivity contribution in [2.24, 2.45) is 0 Å². The van der Waals surface area contributed by atoms with Crippen molar-refractivity contribution in [2.75, 3.05) is 13.7 Å². The number of rotatable bonds is 4. The average molecular weight is 382 g/mol. The lowest BCUT2D eigenvalue weighted by molar-refractivity contribution is 0.102. The molecule has 1 aromatic carbocycles. The predicted molar refractivity (Wildman–Crippen MR) is 78.8 cm³/mol.